The van der Waals surface area contributed by atoms with Crippen LogP contribution >= 0.6 is 0 Å². The van der Waals surface area contributed by atoms with Crippen LogP contribution in [0.25, 0.3) is 0 Å². The van der Waals surface area contributed by atoms with E-state index in [2.05, 4.69) is 15.0 Å². The lowest BCUT2D eigenvalue weighted by Crippen LogP contribution is -2.53. The molecule has 3 rings (SSSR count). The Balaban J connectivity index is 1.64. The maximum Gasteiger partial charge on any atom is 0.240 e. The van der Waals surface area contributed by atoms with Gasteiger partial charge in [0.25, 0.3) is 0 Å². The number of ether oxygens (including phenoxy) is 2. The van der Waals surface area contributed by atoms with Crippen LogP contribution in [-0.4, -0.2) is 71.8 Å². The van der Waals surface area contributed by atoms with Crippen LogP contribution in [0, 0.1) is 0 Å². The minimum atomic E-state index is -0.0976. The molecule has 2 saturated heterocycles. The number of hydrogen-bond donors (Lipinski definition) is 0. The Morgan fingerprint density at radius 3 is 2.91 bits per heavy atom. The van der Waals surface area contributed by atoms with Crippen molar-refractivity contribution in [2.45, 2.75) is 38.5 Å². The van der Waals surface area contributed by atoms with Gasteiger partial charge < -0.3 is 18.9 Å². The molecule has 0 saturated carbocycles. The number of aromatic nitrogens is 2. The lowest BCUT2D eigenvalue weighted by atomic mass is 10.0. The van der Waals surface area contributed by atoms with Crippen molar-refractivity contribution in [3.05, 3.63) is 11.7 Å². The van der Waals surface area contributed by atoms with Crippen molar-refractivity contribution in [1.29, 1.82) is 0 Å². The smallest absolute Gasteiger partial charge is 0.240 e. The molecule has 0 spiro atoms. The predicted octanol–water partition coefficient (Wildman–Crippen LogP) is 0.429. The van der Waals surface area contributed by atoms with Gasteiger partial charge in [0, 0.05) is 20.2 Å². The number of likely N-dealkylation sites (tertiary alicyclic amines) is 1. The van der Waals surface area contributed by atoms with E-state index in [1.807, 2.05) is 4.90 Å². The van der Waals surface area contributed by atoms with Crippen LogP contribution in [0.4, 0.5) is 0 Å². The first-order valence-electron chi connectivity index (χ1n) is 8.19. The molecular formula is C15H24N4O4. The largest absolute Gasteiger partial charge is 0.378 e. The topological polar surface area (TPSA) is 80.9 Å². The fourth-order valence-electron chi connectivity index (χ4n) is 3.17. The number of amides is 1. The van der Waals surface area contributed by atoms with Gasteiger partial charge in [-0.2, -0.15) is 4.98 Å². The van der Waals surface area contributed by atoms with Gasteiger partial charge >= 0.3 is 0 Å². The second-order valence-corrected chi connectivity index (χ2v) is 5.96. The third-order valence-electron chi connectivity index (χ3n) is 4.34. The van der Waals surface area contributed by atoms with Gasteiger partial charge in [0.2, 0.25) is 11.8 Å². The molecule has 1 aromatic rings. The molecule has 1 amide bonds. The van der Waals surface area contributed by atoms with Crippen LogP contribution in [0.1, 0.15) is 31.0 Å². The quantitative estimate of drug-likeness (QED) is 0.777. The van der Waals surface area contributed by atoms with Gasteiger partial charge in [-0.15, -0.1) is 0 Å². The number of piperidine rings is 1. The van der Waals surface area contributed by atoms with E-state index in [1.165, 1.54) is 0 Å². The minimum absolute atomic E-state index is 0.0976. The summed E-state index contributed by atoms with van der Waals surface area (Å²) in [6, 6.07) is -0.0976. The molecule has 2 aliphatic rings. The number of hydrogen-bond acceptors (Lipinski definition) is 7. The molecule has 23 heavy (non-hydrogen) atoms. The summed E-state index contributed by atoms with van der Waals surface area (Å²) in [6.07, 6.45) is 3.05. The molecule has 2 fully saturated rings. The van der Waals surface area contributed by atoms with Crippen molar-refractivity contribution < 1.29 is 18.8 Å². The molecule has 0 N–H and O–H groups in total. The van der Waals surface area contributed by atoms with Gasteiger partial charge in [-0.1, -0.05) is 11.6 Å². The fourth-order valence-corrected chi connectivity index (χ4v) is 3.17. The van der Waals surface area contributed by atoms with E-state index in [0.29, 0.717) is 51.2 Å². The van der Waals surface area contributed by atoms with Gasteiger partial charge in [0.15, 0.2) is 5.82 Å². The van der Waals surface area contributed by atoms with Crippen molar-refractivity contribution in [1.82, 2.24) is 19.9 Å². The Bertz CT molecular complexity index is 515. The van der Waals surface area contributed by atoms with Crippen LogP contribution in [0.5, 0.6) is 0 Å². The first kappa shape index (κ1) is 16.4. The number of methoxy groups -OCH3 is 1. The minimum Gasteiger partial charge on any atom is -0.378 e. The number of morpholine rings is 1. The average molecular weight is 324 g/mol. The summed E-state index contributed by atoms with van der Waals surface area (Å²) in [5.41, 5.74) is 0. The fraction of sp³-hybridized carbons (Fsp3) is 0.800. The zero-order valence-corrected chi connectivity index (χ0v) is 13.6. The van der Waals surface area contributed by atoms with E-state index in [4.69, 9.17) is 14.0 Å². The van der Waals surface area contributed by atoms with E-state index in [1.54, 1.807) is 7.11 Å². The van der Waals surface area contributed by atoms with Crippen molar-refractivity contribution in [3.8, 4) is 0 Å². The lowest BCUT2D eigenvalue weighted by molar-refractivity contribution is -0.142. The molecule has 0 bridgehead atoms. The highest BCUT2D eigenvalue weighted by Crippen LogP contribution is 2.21. The van der Waals surface area contributed by atoms with Gasteiger partial charge in [0.05, 0.1) is 25.8 Å². The van der Waals surface area contributed by atoms with Gasteiger partial charge in [-0.25, -0.2) is 0 Å². The van der Waals surface area contributed by atoms with Crippen LogP contribution in [0.3, 0.4) is 0 Å². The van der Waals surface area contributed by atoms with E-state index < -0.39 is 0 Å². The number of rotatable bonds is 5. The van der Waals surface area contributed by atoms with Gasteiger partial charge in [-0.3, -0.25) is 9.69 Å². The molecule has 8 heteroatoms. The number of carbonyl (C=O) groups excluding carboxylic acids is 1. The Morgan fingerprint density at radius 2 is 2.13 bits per heavy atom. The summed E-state index contributed by atoms with van der Waals surface area (Å²) < 4.78 is 15.6. The summed E-state index contributed by atoms with van der Waals surface area (Å²) in [4.78, 5) is 21.2. The van der Waals surface area contributed by atoms with Gasteiger partial charge in [0.1, 0.15) is 6.61 Å². The molecule has 1 aromatic heterocycles. The third-order valence-corrected chi connectivity index (χ3v) is 4.34. The van der Waals surface area contributed by atoms with Crippen LogP contribution in [0.15, 0.2) is 4.52 Å². The maximum atomic E-state index is 12.8. The first-order valence-corrected chi connectivity index (χ1v) is 8.19. The molecule has 0 radical (unpaired) electrons. The second kappa shape index (κ2) is 7.85. The van der Waals surface area contributed by atoms with Crippen molar-refractivity contribution in [3.63, 3.8) is 0 Å². The monoisotopic (exact) mass is 324 g/mol. The predicted molar refractivity (Wildman–Crippen MR) is 80.5 cm³/mol. The molecule has 0 aromatic carbocycles. The van der Waals surface area contributed by atoms with Crippen LogP contribution in [-0.2, 0) is 27.4 Å². The van der Waals surface area contributed by atoms with E-state index >= 15 is 0 Å². The number of carbonyl (C=O) groups is 1. The Labute approximate surface area is 135 Å². The molecule has 1 unspecified atom stereocenters. The normalized spacial score (nSPS) is 23.2. The van der Waals surface area contributed by atoms with Crippen molar-refractivity contribution in [2.75, 3.05) is 40.0 Å². The highest BCUT2D eigenvalue weighted by Gasteiger charge is 2.33. The second-order valence-electron chi connectivity index (χ2n) is 5.96. The first-order chi connectivity index (χ1) is 11.3. The summed E-state index contributed by atoms with van der Waals surface area (Å²) in [5.74, 6) is 1.28. The highest BCUT2D eigenvalue weighted by atomic mass is 16.5. The maximum absolute atomic E-state index is 12.8. The SMILES string of the molecule is COCc1noc(CN2CCCCC2C(=O)N2CCOCC2)n1. The highest BCUT2D eigenvalue weighted by molar-refractivity contribution is 5.82. The third kappa shape index (κ3) is 4.07. The van der Waals surface area contributed by atoms with E-state index in [-0.39, 0.29) is 11.9 Å². The zero-order chi connectivity index (χ0) is 16.1. The lowest BCUT2D eigenvalue weighted by Gasteiger charge is -2.38. The average Bonchev–Trinajstić information content (AvgIpc) is 3.03. The molecule has 1 atom stereocenters. The van der Waals surface area contributed by atoms with Crippen molar-refractivity contribution >= 4 is 5.91 Å². The van der Waals surface area contributed by atoms with Crippen LogP contribution < -0.4 is 0 Å². The molecule has 8 nitrogen and oxygen atoms in total. The summed E-state index contributed by atoms with van der Waals surface area (Å²) in [7, 11) is 1.59. The standard InChI is InChI=1S/C15H24N4O4/c1-21-11-13-16-14(23-17-13)10-19-5-3-2-4-12(19)15(20)18-6-8-22-9-7-18/h12H,2-11H2,1H3. The summed E-state index contributed by atoms with van der Waals surface area (Å²) in [5, 5.41) is 3.88. The Hall–Kier alpha value is -1.51. The summed E-state index contributed by atoms with van der Waals surface area (Å²) in [6.45, 7) is 4.34. The summed E-state index contributed by atoms with van der Waals surface area (Å²) >= 11 is 0. The van der Waals surface area contributed by atoms with Crippen molar-refractivity contribution in [2.24, 2.45) is 0 Å². The Morgan fingerprint density at radius 1 is 1.30 bits per heavy atom. The molecule has 2 aliphatic heterocycles. The Kier molecular flexibility index (Phi) is 5.58. The van der Waals surface area contributed by atoms with E-state index in [9.17, 15) is 4.79 Å². The molecule has 128 valence electrons. The van der Waals surface area contributed by atoms with Crippen LogP contribution in [0.2, 0.25) is 0 Å². The zero-order valence-electron chi connectivity index (χ0n) is 13.6. The van der Waals surface area contributed by atoms with E-state index in [0.717, 1.165) is 25.8 Å². The molecular weight excluding hydrogens is 300 g/mol. The van der Waals surface area contributed by atoms with Gasteiger partial charge in [-0.05, 0) is 19.4 Å². The number of nitrogens with zero attached hydrogens (tertiary/aromatic N) is 4. The molecule has 3 heterocycles. The molecule has 0 aliphatic carbocycles.